The van der Waals surface area contributed by atoms with Gasteiger partial charge in [-0.2, -0.15) is 15.3 Å². The highest BCUT2D eigenvalue weighted by molar-refractivity contribution is 6.06. The van der Waals surface area contributed by atoms with E-state index in [9.17, 15) is 0 Å². The van der Waals surface area contributed by atoms with E-state index in [0.29, 0.717) is 0 Å². The molecule has 0 saturated carbocycles. The molecule has 2 aromatic rings. The number of hydrogen-bond acceptors (Lipinski definition) is 6. The number of benzene rings is 2. The molecule has 1 heterocycles. The van der Waals surface area contributed by atoms with E-state index < -0.39 is 0 Å². The van der Waals surface area contributed by atoms with Gasteiger partial charge < -0.3 is 15.3 Å². The van der Waals surface area contributed by atoms with Crippen LogP contribution in [-0.2, 0) is 0 Å². The number of methoxy groups -OCH3 is 2. The van der Waals surface area contributed by atoms with Crippen LogP contribution in [0.5, 0.6) is 11.5 Å². The van der Waals surface area contributed by atoms with Crippen LogP contribution >= 0.6 is 0 Å². The Bertz CT molecular complexity index is 853. The molecule has 1 aliphatic heterocycles. The van der Waals surface area contributed by atoms with Crippen molar-refractivity contribution in [2.24, 2.45) is 21.1 Å². The first-order valence-electron chi connectivity index (χ1n) is 8.91. The van der Waals surface area contributed by atoms with E-state index in [-0.39, 0.29) is 0 Å². The summed E-state index contributed by atoms with van der Waals surface area (Å²) in [5.74, 6) is 7.24. The minimum atomic E-state index is 0.731. The van der Waals surface area contributed by atoms with Crippen molar-refractivity contribution in [1.82, 2.24) is 0 Å². The van der Waals surface area contributed by atoms with Crippen LogP contribution in [0.15, 0.2) is 63.8 Å². The molecule has 0 atom stereocenters. The van der Waals surface area contributed by atoms with E-state index in [4.69, 9.17) is 15.3 Å². The van der Waals surface area contributed by atoms with Crippen LogP contribution < -0.4 is 15.3 Å². The van der Waals surface area contributed by atoms with Gasteiger partial charge in [-0.3, -0.25) is 0 Å². The molecule has 3 rings (SSSR count). The molecular weight excluding hydrogens is 340 g/mol. The molecule has 6 heteroatoms. The highest BCUT2D eigenvalue weighted by Crippen LogP contribution is 2.19. The zero-order valence-corrected chi connectivity index (χ0v) is 15.7. The van der Waals surface area contributed by atoms with Gasteiger partial charge in [-0.15, -0.1) is 0 Å². The van der Waals surface area contributed by atoms with Crippen molar-refractivity contribution in [2.45, 2.75) is 25.7 Å². The lowest BCUT2D eigenvalue weighted by Gasteiger charge is -2.13. The Labute approximate surface area is 159 Å². The van der Waals surface area contributed by atoms with Crippen molar-refractivity contribution in [3.63, 3.8) is 0 Å². The van der Waals surface area contributed by atoms with Crippen LogP contribution in [0, 0.1) is 0 Å². The summed E-state index contributed by atoms with van der Waals surface area (Å²) in [6.45, 7) is 0. The van der Waals surface area contributed by atoms with E-state index in [2.05, 4.69) is 15.3 Å². The Hall–Kier alpha value is -3.15. The first kappa shape index (κ1) is 18.6. The maximum atomic E-state index is 5.59. The van der Waals surface area contributed by atoms with Gasteiger partial charge in [0.1, 0.15) is 11.5 Å². The van der Waals surface area contributed by atoms with E-state index in [1.165, 1.54) is 0 Å². The molecule has 0 fully saturated rings. The van der Waals surface area contributed by atoms with Crippen LogP contribution in [0.3, 0.4) is 0 Å². The molecule has 0 saturated heterocycles. The minimum Gasteiger partial charge on any atom is -0.497 e. The lowest BCUT2D eigenvalue weighted by molar-refractivity contribution is 0.414. The van der Waals surface area contributed by atoms with Gasteiger partial charge in [0.05, 0.1) is 25.6 Å². The Morgan fingerprint density at radius 1 is 0.926 bits per heavy atom. The average Bonchev–Trinajstić information content (AvgIpc) is 2.75. The predicted octanol–water partition coefficient (Wildman–Crippen LogP) is 3.79. The summed E-state index contributed by atoms with van der Waals surface area (Å²) >= 11 is 0. The maximum absolute atomic E-state index is 5.59. The second kappa shape index (κ2) is 8.98. The monoisotopic (exact) mass is 364 g/mol. The van der Waals surface area contributed by atoms with Gasteiger partial charge in [0, 0.05) is 5.71 Å². The molecule has 6 nitrogen and oxygen atoms in total. The first-order valence-corrected chi connectivity index (χ1v) is 8.91. The average molecular weight is 364 g/mol. The molecule has 0 unspecified atom stereocenters. The molecule has 2 N–H and O–H groups in total. The van der Waals surface area contributed by atoms with Gasteiger partial charge in [0.15, 0.2) is 0 Å². The molecule has 0 amide bonds. The Balaban J connectivity index is 1.62. The lowest BCUT2D eigenvalue weighted by atomic mass is 9.98. The SMILES string of the molecule is COc1ccc(C2=NN=C(CC/C(=N\N)c3ccc(OC)cc3)CC2)cc1. The summed E-state index contributed by atoms with van der Waals surface area (Å²) in [6.07, 6.45) is 3.30. The molecule has 27 heavy (non-hydrogen) atoms. The lowest BCUT2D eigenvalue weighted by Crippen LogP contribution is -2.13. The fourth-order valence-corrected chi connectivity index (χ4v) is 2.98. The van der Waals surface area contributed by atoms with Crippen molar-refractivity contribution >= 4 is 17.1 Å². The first-order chi connectivity index (χ1) is 13.2. The maximum Gasteiger partial charge on any atom is 0.118 e. The Morgan fingerprint density at radius 2 is 1.56 bits per heavy atom. The fraction of sp³-hybridized carbons (Fsp3) is 0.286. The number of nitrogens with two attached hydrogens (primary N) is 1. The van der Waals surface area contributed by atoms with Crippen LogP contribution in [0.4, 0.5) is 0 Å². The van der Waals surface area contributed by atoms with Gasteiger partial charge in [0.25, 0.3) is 0 Å². The molecule has 0 aromatic heterocycles. The Kier molecular flexibility index (Phi) is 6.20. The molecular formula is C21H24N4O2. The minimum absolute atomic E-state index is 0.731. The second-order valence-electron chi connectivity index (χ2n) is 6.25. The Morgan fingerprint density at radius 3 is 2.07 bits per heavy atom. The topological polar surface area (TPSA) is 81.6 Å². The van der Waals surface area contributed by atoms with Crippen molar-refractivity contribution in [3.8, 4) is 11.5 Å². The third-order valence-electron chi connectivity index (χ3n) is 4.62. The summed E-state index contributed by atoms with van der Waals surface area (Å²) in [5.41, 5.74) is 5.01. The van der Waals surface area contributed by atoms with E-state index in [0.717, 1.165) is 65.4 Å². The predicted molar refractivity (Wildman–Crippen MR) is 109 cm³/mol. The van der Waals surface area contributed by atoms with Crippen molar-refractivity contribution in [1.29, 1.82) is 0 Å². The van der Waals surface area contributed by atoms with Crippen molar-refractivity contribution < 1.29 is 9.47 Å². The third kappa shape index (κ3) is 4.73. The summed E-state index contributed by atoms with van der Waals surface area (Å²) < 4.78 is 10.4. The molecule has 0 radical (unpaired) electrons. The van der Waals surface area contributed by atoms with Crippen LogP contribution in [0.1, 0.15) is 36.8 Å². The van der Waals surface area contributed by atoms with E-state index >= 15 is 0 Å². The number of hydrazone groups is 1. The normalized spacial score (nSPS) is 14.4. The molecule has 140 valence electrons. The van der Waals surface area contributed by atoms with Crippen LogP contribution in [0.25, 0.3) is 0 Å². The smallest absolute Gasteiger partial charge is 0.118 e. The quantitative estimate of drug-likeness (QED) is 0.461. The summed E-state index contributed by atoms with van der Waals surface area (Å²) in [6, 6.07) is 15.7. The fourth-order valence-electron chi connectivity index (χ4n) is 2.98. The second-order valence-corrected chi connectivity index (χ2v) is 6.25. The zero-order chi connectivity index (χ0) is 19.1. The van der Waals surface area contributed by atoms with Crippen LogP contribution in [0.2, 0.25) is 0 Å². The summed E-state index contributed by atoms with van der Waals surface area (Å²) in [7, 11) is 3.31. The van der Waals surface area contributed by atoms with Crippen molar-refractivity contribution in [3.05, 3.63) is 59.7 Å². The number of hydrogen-bond donors (Lipinski definition) is 1. The van der Waals surface area contributed by atoms with Gasteiger partial charge in [-0.25, -0.2) is 0 Å². The molecule has 0 bridgehead atoms. The zero-order valence-electron chi connectivity index (χ0n) is 15.7. The summed E-state index contributed by atoms with van der Waals surface area (Å²) in [5, 5.41) is 12.8. The standard InChI is InChI=1S/C21H24N4O2/c1-26-18-9-3-15(4-10-18)20(23-22)13-7-17-8-14-21(25-24-17)16-5-11-19(27-2)12-6-16/h3-6,9-12H,7-8,13-14,22H2,1-2H3/b23-20+. The van der Waals surface area contributed by atoms with Gasteiger partial charge >= 0.3 is 0 Å². The van der Waals surface area contributed by atoms with Gasteiger partial charge in [-0.05, 0) is 85.3 Å². The van der Waals surface area contributed by atoms with E-state index in [1.807, 2.05) is 48.5 Å². The highest BCUT2D eigenvalue weighted by atomic mass is 16.5. The third-order valence-corrected chi connectivity index (χ3v) is 4.62. The molecule has 0 spiro atoms. The van der Waals surface area contributed by atoms with Gasteiger partial charge in [-0.1, -0.05) is 0 Å². The molecule has 2 aromatic carbocycles. The number of ether oxygens (including phenoxy) is 2. The highest BCUT2D eigenvalue weighted by Gasteiger charge is 2.13. The number of rotatable bonds is 7. The van der Waals surface area contributed by atoms with E-state index in [1.54, 1.807) is 14.2 Å². The van der Waals surface area contributed by atoms with Crippen molar-refractivity contribution in [2.75, 3.05) is 14.2 Å². The van der Waals surface area contributed by atoms with Crippen LogP contribution in [-0.4, -0.2) is 31.4 Å². The summed E-state index contributed by atoms with van der Waals surface area (Å²) in [4.78, 5) is 0. The van der Waals surface area contributed by atoms with Gasteiger partial charge in [0.2, 0.25) is 0 Å². The number of nitrogens with zero attached hydrogens (tertiary/aromatic N) is 3. The molecule has 0 aliphatic carbocycles. The largest absolute Gasteiger partial charge is 0.497 e. The molecule has 1 aliphatic rings.